The Labute approximate surface area is 143 Å². The molecule has 1 aliphatic heterocycles. The van der Waals surface area contributed by atoms with Crippen LogP contribution in [0.15, 0.2) is 48.5 Å². The van der Waals surface area contributed by atoms with Gasteiger partial charge in [-0.15, -0.1) is 12.4 Å². The number of anilines is 2. The highest BCUT2D eigenvalue weighted by atomic mass is 35.5. The van der Waals surface area contributed by atoms with Crippen LogP contribution < -0.4 is 16.0 Å². The van der Waals surface area contributed by atoms with Gasteiger partial charge < -0.3 is 16.0 Å². The highest BCUT2D eigenvalue weighted by molar-refractivity contribution is 6.06. The minimum Gasteiger partial charge on any atom is -0.370 e. The first kappa shape index (κ1) is 17.3. The van der Waals surface area contributed by atoms with Gasteiger partial charge in [-0.25, -0.2) is 0 Å². The van der Waals surface area contributed by atoms with Crippen LogP contribution in [0.1, 0.15) is 28.8 Å². The van der Waals surface area contributed by atoms with Crippen LogP contribution >= 0.6 is 12.4 Å². The Bertz CT molecular complexity index is 652. The molecule has 1 aliphatic rings. The molecule has 0 atom stereocenters. The number of nitrogens with two attached hydrogens (primary N) is 1. The predicted octanol–water partition coefficient (Wildman–Crippen LogP) is 3.42. The lowest BCUT2D eigenvalue weighted by Gasteiger charge is -2.21. The number of hydrogen-bond acceptors (Lipinski definition) is 3. The van der Waals surface area contributed by atoms with Crippen LogP contribution in [-0.2, 0) is 6.54 Å². The second kappa shape index (κ2) is 7.99. The van der Waals surface area contributed by atoms with Crippen LogP contribution in [0.3, 0.4) is 0 Å². The molecular weight excluding hydrogens is 310 g/mol. The van der Waals surface area contributed by atoms with E-state index in [2.05, 4.69) is 16.3 Å². The Kier molecular flexibility index (Phi) is 6.02. The first-order valence-corrected chi connectivity index (χ1v) is 7.72. The quantitative estimate of drug-likeness (QED) is 0.902. The van der Waals surface area contributed by atoms with E-state index in [1.807, 2.05) is 42.5 Å². The van der Waals surface area contributed by atoms with E-state index in [4.69, 9.17) is 5.73 Å². The SMILES string of the molecule is Cl.NCc1ccc(C(=O)Nc2ccccc2N2CCCC2)cc1. The average Bonchev–Trinajstić information content (AvgIpc) is 3.10. The standard InChI is InChI=1S/C18H21N3O.ClH/c19-13-14-7-9-15(10-8-14)18(22)20-16-5-1-2-6-17(16)21-11-3-4-12-21;/h1-2,5-10H,3-4,11-13,19H2,(H,20,22);1H. The summed E-state index contributed by atoms with van der Waals surface area (Å²) in [7, 11) is 0. The highest BCUT2D eigenvalue weighted by Gasteiger charge is 2.16. The van der Waals surface area contributed by atoms with Gasteiger partial charge in [-0.3, -0.25) is 4.79 Å². The molecule has 0 saturated carbocycles. The van der Waals surface area contributed by atoms with Gasteiger partial charge in [0.2, 0.25) is 0 Å². The smallest absolute Gasteiger partial charge is 0.255 e. The Morgan fingerprint density at radius 2 is 1.70 bits per heavy atom. The first-order valence-electron chi connectivity index (χ1n) is 7.72. The van der Waals surface area contributed by atoms with Gasteiger partial charge in [0.25, 0.3) is 5.91 Å². The molecule has 5 heteroatoms. The third-order valence-electron chi connectivity index (χ3n) is 4.05. The summed E-state index contributed by atoms with van der Waals surface area (Å²) in [6, 6.07) is 15.4. The van der Waals surface area contributed by atoms with Crippen molar-refractivity contribution in [2.75, 3.05) is 23.3 Å². The van der Waals surface area contributed by atoms with Gasteiger partial charge in [-0.2, -0.15) is 0 Å². The molecule has 1 fully saturated rings. The molecule has 1 saturated heterocycles. The van der Waals surface area contributed by atoms with Crippen molar-refractivity contribution < 1.29 is 4.79 Å². The van der Waals surface area contributed by atoms with Crippen molar-refractivity contribution in [3.63, 3.8) is 0 Å². The maximum absolute atomic E-state index is 12.4. The molecule has 0 bridgehead atoms. The molecular formula is C18H22ClN3O. The summed E-state index contributed by atoms with van der Waals surface area (Å²) < 4.78 is 0. The lowest BCUT2D eigenvalue weighted by atomic mass is 10.1. The van der Waals surface area contributed by atoms with Crippen LogP contribution in [0.2, 0.25) is 0 Å². The second-order valence-corrected chi connectivity index (χ2v) is 5.57. The van der Waals surface area contributed by atoms with Gasteiger partial charge in [0.15, 0.2) is 0 Å². The average molecular weight is 332 g/mol. The van der Waals surface area contributed by atoms with Gasteiger partial charge >= 0.3 is 0 Å². The van der Waals surface area contributed by atoms with Crippen LogP contribution in [0.4, 0.5) is 11.4 Å². The van der Waals surface area contributed by atoms with Crippen molar-refractivity contribution in [1.82, 2.24) is 0 Å². The first-order chi connectivity index (χ1) is 10.8. The molecule has 0 radical (unpaired) electrons. The van der Waals surface area contributed by atoms with Gasteiger partial charge in [0, 0.05) is 25.2 Å². The van der Waals surface area contributed by atoms with Crippen LogP contribution in [0, 0.1) is 0 Å². The van der Waals surface area contributed by atoms with E-state index in [1.54, 1.807) is 0 Å². The summed E-state index contributed by atoms with van der Waals surface area (Å²) in [5.74, 6) is -0.0878. The zero-order chi connectivity index (χ0) is 15.4. The third kappa shape index (κ3) is 4.03. The number of carbonyl (C=O) groups excluding carboxylic acids is 1. The summed E-state index contributed by atoms with van der Waals surface area (Å²) in [5, 5.41) is 3.03. The molecule has 0 spiro atoms. The van der Waals surface area contributed by atoms with E-state index in [0.717, 1.165) is 30.0 Å². The Balaban J connectivity index is 0.00000192. The van der Waals surface area contributed by atoms with Crippen molar-refractivity contribution in [3.05, 3.63) is 59.7 Å². The lowest BCUT2D eigenvalue weighted by molar-refractivity contribution is 0.102. The van der Waals surface area contributed by atoms with Gasteiger partial charge in [0.1, 0.15) is 0 Å². The zero-order valence-corrected chi connectivity index (χ0v) is 13.8. The van der Waals surface area contributed by atoms with Gasteiger partial charge in [-0.1, -0.05) is 24.3 Å². The maximum atomic E-state index is 12.4. The molecule has 3 rings (SSSR count). The molecule has 0 aromatic heterocycles. The number of carbonyl (C=O) groups is 1. The number of hydrogen-bond donors (Lipinski definition) is 2. The molecule has 4 nitrogen and oxygen atoms in total. The van der Waals surface area contributed by atoms with Crippen molar-refractivity contribution in [3.8, 4) is 0 Å². The van der Waals surface area contributed by atoms with E-state index < -0.39 is 0 Å². The Morgan fingerprint density at radius 1 is 1.04 bits per heavy atom. The minimum absolute atomic E-state index is 0. The summed E-state index contributed by atoms with van der Waals surface area (Å²) in [5.41, 5.74) is 9.23. The normalized spacial score (nSPS) is 13.5. The van der Waals surface area contributed by atoms with E-state index in [0.29, 0.717) is 12.1 Å². The molecule has 0 unspecified atom stereocenters. The van der Waals surface area contributed by atoms with E-state index in [-0.39, 0.29) is 18.3 Å². The van der Waals surface area contributed by atoms with Crippen molar-refractivity contribution >= 4 is 29.7 Å². The fourth-order valence-electron chi connectivity index (χ4n) is 2.80. The number of nitrogens with one attached hydrogen (secondary N) is 1. The van der Waals surface area contributed by atoms with Gasteiger partial charge in [0.05, 0.1) is 11.4 Å². The number of rotatable bonds is 4. The fraction of sp³-hybridized carbons (Fsp3) is 0.278. The van der Waals surface area contributed by atoms with Crippen LogP contribution in [0.5, 0.6) is 0 Å². The van der Waals surface area contributed by atoms with Gasteiger partial charge in [-0.05, 0) is 42.7 Å². The van der Waals surface area contributed by atoms with Crippen LogP contribution in [0.25, 0.3) is 0 Å². The highest BCUT2D eigenvalue weighted by Crippen LogP contribution is 2.28. The minimum atomic E-state index is -0.0878. The molecule has 1 heterocycles. The summed E-state index contributed by atoms with van der Waals surface area (Å²) in [4.78, 5) is 14.7. The monoisotopic (exact) mass is 331 g/mol. The van der Waals surface area contributed by atoms with E-state index in [1.165, 1.54) is 12.8 Å². The second-order valence-electron chi connectivity index (χ2n) is 5.57. The molecule has 3 N–H and O–H groups in total. The number of nitrogens with zero attached hydrogens (tertiary/aromatic N) is 1. The third-order valence-corrected chi connectivity index (χ3v) is 4.05. The fourth-order valence-corrected chi connectivity index (χ4v) is 2.80. The maximum Gasteiger partial charge on any atom is 0.255 e. The summed E-state index contributed by atoms with van der Waals surface area (Å²) in [6.07, 6.45) is 2.42. The molecule has 1 amide bonds. The molecule has 2 aromatic carbocycles. The topological polar surface area (TPSA) is 58.4 Å². The molecule has 23 heavy (non-hydrogen) atoms. The molecule has 0 aliphatic carbocycles. The van der Waals surface area contributed by atoms with Crippen LogP contribution in [-0.4, -0.2) is 19.0 Å². The summed E-state index contributed by atoms with van der Waals surface area (Å²) >= 11 is 0. The van der Waals surface area contributed by atoms with E-state index >= 15 is 0 Å². The lowest BCUT2D eigenvalue weighted by Crippen LogP contribution is -2.21. The number of para-hydroxylation sites is 2. The van der Waals surface area contributed by atoms with Crippen molar-refractivity contribution in [2.45, 2.75) is 19.4 Å². The molecule has 122 valence electrons. The predicted molar refractivity (Wildman–Crippen MR) is 97.4 cm³/mol. The number of benzene rings is 2. The van der Waals surface area contributed by atoms with E-state index in [9.17, 15) is 4.79 Å². The molecule has 2 aromatic rings. The zero-order valence-electron chi connectivity index (χ0n) is 13.0. The number of halogens is 1. The summed E-state index contributed by atoms with van der Waals surface area (Å²) in [6.45, 7) is 2.59. The van der Waals surface area contributed by atoms with Crippen molar-refractivity contribution in [2.24, 2.45) is 5.73 Å². The Hall–Kier alpha value is -2.04. The number of amides is 1. The largest absolute Gasteiger partial charge is 0.370 e. The van der Waals surface area contributed by atoms with Crippen molar-refractivity contribution in [1.29, 1.82) is 0 Å². The Morgan fingerprint density at radius 3 is 2.35 bits per heavy atom.